The minimum Gasteiger partial charge on any atom is -0.462 e. The first-order valence-electron chi connectivity index (χ1n) is 9.29. The van der Waals surface area contributed by atoms with Crippen LogP contribution in [-0.4, -0.2) is 22.1 Å². The fourth-order valence-electron chi connectivity index (χ4n) is 4.22. The van der Waals surface area contributed by atoms with Crippen molar-refractivity contribution in [2.45, 2.75) is 19.4 Å². The normalized spacial score (nSPS) is 15.4. The zero-order chi connectivity index (χ0) is 18.4. The van der Waals surface area contributed by atoms with E-state index >= 15 is 0 Å². The average molecular weight is 356 g/mol. The van der Waals surface area contributed by atoms with Gasteiger partial charge in [-0.3, -0.25) is 0 Å². The predicted molar refractivity (Wildman–Crippen MR) is 105 cm³/mol. The third-order valence-corrected chi connectivity index (χ3v) is 5.38. The Kier molecular flexibility index (Phi) is 3.64. The van der Waals surface area contributed by atoms with E-state index in [1.54, 1.807) is 0 Å². The van der Waals surface area contributed by atoms with Crippen molar-refractivity contribution in [2.75, 3.05) is 6.61 Å². The lowest BCUT2D eigenvalue weighted by molar-refractivity contribution is 0.0525. The van der Waals surface area contributed by atoms with Crippen LogP contribution in [0.2, 0.25) is 0 Å². The third-order valence-electron chi connectivity index (χ3n) is 5.38. The molecule has 0 saturated heterocycles. The molecule has 27 heavy (non-hydrogen) atoms. The number of hydrogen-bond donors (Lipinski definition) is 1. The summed E-state index contributed by atoms with van der Waals surface area (Å²) < 4.78 is 7.50. The molecule has 1 unspecified atom stereocenters. The molecule has 4 heteroatoms. The predicted octanol–water partition coefficient (Wildman–Crippen LogP) is 4.69. The van der Waals surface area contributed by atoms with Crippen LogP contribution in [0.4, 0.5) is 0 Å². The van der Waals surface area contributed by atoms with Crippen LogP contribution >= 0.6 is 0 Å². The van der Waals surface area contributed by atoms with Crippen LogP contribution in [0.15, 0.2) is 66.9 Å². The Morgan fingerprint density at radius 2 is 1.89 bits per heavy atom. The quantitative estimate of drug-likeness (QED) is 0.477. The monoisotopic (exact) mass is 356 g/mol. The molecule has 0 radical (unpaired) electrons. The first-order chi connectivity index (χ1) is 13.3. The maximum absolute atomic E-state index is 12.5. The second kappa shape index (κ2) is 6.16. The van der Waals surface area contributed by atoms with Gasteiger partial charge in [0.2, 0.25) is 0 Å². The summed E-state index contributed by atoms with van der Waals surface area (Å²) in [5, 5.41) is 1.22. The van der Waals surface area contributed by atoms with Crippen molar-refractivity contribution in [3.05, 3.63) is 94.9 Å². The molecule has 134 valence electrons. The highest BCUT2D eigenvalue weighted by Gasteiger charge is 2.32. The zero-order valence-corrected chi connectivity index (χ0v) is 15.1. The van der Waals surface area contributed by atoms with E-state index in [1.165, 1.54) is 22.2 Å². The Balaban J connectivity index is 1.75. The highest BCUT2D eigenvalue weighted by atomic mass is 16.5. The second-order valence-electron chi connectivity index (χ2n) is 6.86. The van der Waals surface area contributed by atoms with Crippen LogP contribution in [0.25, 0.3) is 10.9 Å². The molecule has 0 amide bonds. The van der Waals surface area contributed by atoms with Crippen LogP contribution < -0.4 is 0 Å². The number of fused-ring (bicyclic) bond motifs is 4. The SMILES string of the molecule is CCOC(=O)c1ccn2c1Cc1c([nH]c3ccccc13)C2c1ccccc1. The summed E-state index contributed by atoms with van der Waals surface area (Å²) in [6, 6.07) is 20.7. The van der Waals surface area contributed by atoms with Gasteiger partial charge in [-0.2, -0.15) is 0 Å². The van der Waals surface area contributed by atoms with Gasteiger partial charge in [0.15, 0.2) is 0 Å². The zero-order valence-electron chi connectivity index (χ0n) is 15.1. The fraction of sp³-hybridized carbons (Fsp3) is 0.174. The van der Waals surface area contributed by atoms with Crippen molar-refractivity contribution in [1.29, 1.82) is 0 Å². The minimum atomic E-state index is -0.249. The number of ether oxygens (including phenoxy) is 1. The molecule has 4 aromatic rings. The molecule has 2 aromatic heterocycles. The first kappa shape index (κ1) is 15.9. The molecule has 0 bridgehead atoms. The van der Waals surface area contributed by atoms with Crippen molar-refractivity contribution in [2.24, 2.45) is 0 Å². The van der Waals surface area contributed by atoms with E-state index in [9.17, 15) is 4.79 Å². The summed E-state index contributed by atoms with van der Waals surface area (Å²) in [6.45, 7) is 2.22. The van der Waals surface area contributed by atoms with Crippen LogP contribution in [0.3, 0.4) is 0 Å². The molecule has 0 spiro atoms. The molecule has 3 heterocycles. The summed E-state index contributed by atoms with van der Waals surface area (Å²) in [7, 11) is 0. The fourth-order valence-corrected chi connectivity index (χ4v) is 4.22. The summed E-state index contributed by atoms with van der Waals surface area (Å²) in [4.78, 5) is 16.1. The molecule has 1 N–H and O–H groups in total. The number of carbonyl (C=O) groups excluding carboxylic acids is 1. The minimum absolute atomic E-state index is 0.0144. The van der Waals surface area contributed by atoms with Gasteiger partial charge in [-0.05, 0) is 30.2 Å². The summed E-state index contributed by atoms with van der Waals surface area (Å²) in [5.41, 5.74) is 6.45. The van der Waals surface area contributed by atoms with E-state index in [4.69, 9.17) is 4.74 Å². The average Bonchev–Trinajstić information content (AvgIpc) is 3.28. The summed E-state index contributed by atoms with van der Waals surface area (Å²) >= 11 is 0. The van der Waals surface area contributed by atoms with Gasteiger partial charge in [0.25, 0.3) is 0 Å². The maximum atomic E-state index is 12.5. The number of nitrogens with zero attached hydrogens (tertiary/aromatic N) is 1. The van der Waals surface area contributed by atoms with E-state index in [2.05, 4.69) is 52.0 Å². The van der Waals surface area contributed by atoms with Crippen LogP contribution in [0.5, 0.6) is 0 Å². The largest absolute Gasteiger partial charge is 0.462 e. The molecule has 1 aliphatic rings. The maximum Gasteiger partial charge on any atom is 0.339 e. The Labute approximate surface area is 157 Å². The van der Waals surface area contributed by atoms with Gasteiger partial charge in [0.05, 0.1) is 18.2 Å². The molecule has 0 aliphatic carbocycles. The van der Waals surface area contributed by atoms with E-state index in [0.29, 0.717) is 18.6 Å². The number of esters is 1. The van der Waals surface area contributed by atoms with Crippen molar-refractivity contribution in [1.82, 2.24) is 9.55 Å². The number of carbonyl (C=O) groups is 1. The molecule has 4 nitrogen and oxygen atoms in total. The molecule has 2 aromatic carbocycles. The number of hydrogen-bond acceptors (Lipinski definition) is 2. The van der Waals surface area contributed by atoms with Gasteiger partial charge in [-0.25, -0.2) is 4.79 Å². The van der Waals surface area contributed by atoms with Crippen molar-refractivity contribution in [3.63, 3.8) is 0 Å². The van der Waals surface area contributed by atoms with Crippen molar-refractivity contribution >= 4 is 16.9 Å². The highest BCUT2D eigenvalue weighted by molar-refractivity contribution is 5.92. The van der Waals surface area contributed by atoms with Crippen LogP contribution in [0.1, 0.15) is 45.8 Å². The Bertz CT molecular complexity index is 1140. The molecule has 0 fully saturated rings. The lowest BCUT2D eigenvalue weighted by atomic mass is 9.92. The smallest absolute Gasteiger partial charge is 0.339 e. The lowest BCUT2D eigenvalue weighted by Gasteiger charge is -2.28. The summed E-state index contributed by atoms with van der Waals surface area (Å²) in [6.07, 6.45) is 2.72. The first-order valence-corrected chi connectivity index (χ1v) is 9.29. The van der Waals surface area contributed by atoms with Gasteiger partial charge in [-0.15, -0.1) is 0 Å². The number of nitrogens with one attached hydrogen (secondary N) is 1. The molecule has 1 aliphatic heterocycles. The summed E-state index contributed by atoms with van der Waals surface area (Å²) in [5.74, 6) is -0.249. The second-order valence-corrected chi connectivity index (χ2v) is 6.86. The van der Waals surface area contributed by atoms with E-state index < -0.39 is 0 Å². The molecular formula is C23H20N2O2. The number of benzene rings is 2. The Hall–Kier alpha value is -3.27. The molecule has 5 rings (SSSR count). The number of rotatable bonds is 3. The number of aromatic amines is 1. The highest BCUT2D eigenvalue weighted by Crippen LogP contribution is 2.40. The molecule has 0 saturated carbocycles. The molecule has 1 atom stereocenters. The van der Waals surface area contributed by atoms with Crippen molar-refractivity contribution < 1.29 is 9.53 Å². The molecular weight excluding hydrogens is 336 g/mol. The third kappa shape index (κ3) is 2.40. The van der Waals surface area contributed by atoms with Crippen molar-refractivity contribution in [3.8, 4) is 0 Å². The Morgan fingerprint density at radius 1 is 1.11 bits per heavy atom. The van der Waals surface area contributed by atoms with Gasteiger partial charge < -0.3 is 14.3 Å². The van der Waals surface area contributed by atoms with E-state index in [-0.39, 0.29) is 12.0 Å². The van der Waals surface area contributed by atoms with Gasteiger partial charge in [0.1, 0.15) is 0 Å². The van der Waals surface area contributed by atoms with Crippen LogP contribution in [0, 0.1) is 0 Å². The number of aromatic nitrogens is 2. The lowest BCUT2D eigenvalue weighted by Crippen LogP contribution is -2.22. The standard InChI is InChI=1S/C23H20N2O2/c1-2-27-23(26)17-12-13-25-20(17)14-18-16-10-6-7-11-19(16)24-21(18)22(25)15-8-4-3-5-9-15/h3-13,22,24H,2,14H2,1H3. The van der Waals surface area contributed by atoms with Gasteiger partial charge in [-0.1, -0.05) is 48.5 Å². The van der Waals surface area contributed by atoms with Gasteiger partial charge >= 0.3 is 5.97 Å². The number of para-hydroxylation sites is 1. The van der Waals surface area contributed by atoms with Gasteiger partial charge in [0, 0.05) is 34.9 Å². The topological polar surface area (TPSA) is 47.0 Å². The number of H-pyrrole nitrogens is 1. The van der Waals surface area contributed by atoms with E-state index in [0.717, 1.165) is 11.2 Å². The van der Waals surface area contributed by atoms with E-state index in [1.807, 2.05) is 31.3 Å². The Morgan fingerprint density at radius 3 is 2.70 bits per heavy atom. The van der Waals surface area contributed by atoms with Crippen LogP contribution in [-0.2, 0) is 11.2 Å².